The molecular formula is C17H20O2. The minimum atomic E-state index is -0.644. The fraction of sp³-hybridized carbons (Fsp3) is 0.353. The van der Waals surface area contributed by atoms with Crippen LogP contribution < -0.4 is 0 Å². The van der Waals surface area contributed by atoms with Gasteiger partial charge in [0.2, 0.25) is 0 Å². The number of fused-ring (bicyclic) bond motifs is 1. The molecule has 0 bridgehead atoms. The van der Waals surface area contributed by atoms with Gasteiger partial charge in [0.25, 0.3) is 0 Å². The molecule has 19 heavy (non-hydrogen) atoms. The van der Waals surface area contributed by atoms with Crippen LogP contribution in [0.4, 0.5) is 0 Å². The number of hydrogen-bond acceptors (Lipinski definition) is 2. The third-order valence-electron chi connectivity index (χ3n) is 3.93. The normalized spacial score (nSPS) is 17.4. The predicted octanol–water partition coefficient (Wildman–Crippen LogP) is 3.47. The van der Waals surface area contributed by atoms with Crippen molar-refractivity contribution in [2.45, 2.75) is 32.3 Å². The van der Waals surface area contributed by atoms with E-state index >= 15 is 0 Å². The summed E-state index contributed by atoms with van der Waals surface area (Å²) in [5.41, 5.74) is 2.46. The Hall–Kier alpha value is -1.83. The van der Waals surface area contributed by atoms with Gasteiger partial charge in [0, 0.05) is 11.5 Å². The first kappa shape index (κ1) is 13.6. The molecule has 0 aromatic heterocycles. The molecule has 0 heterocycles. The van der Waals surface area contributed by atoms with Gasteiger partial charge in [-0.15, -0.1) is 0 Å². The van der Waals surface area contributed by atoms with E-state index in [1.165, 1.54) is 11.1 Å². The zero-order valence-corrected chi connectivity index (χ0v) is 11.6. The van der Waals surface area contributed by atoms with Crippen LogP contribution in [0, 0.1) is 5.92 Å². The van der Waals surface area contributed by atoms with Crippen molar-refractivity contribution in [2.24, 2.45) is 5.92 Å². The van der Waals surface area contributed by atoms with Gasteiger partial charge in [-0.3, -0.25) is 0 Å². The molecule has 1 aromatic carbocycles. The summed E-state index contributed by atoms with van der Waals surface area (Å²) in [5.74, 6) is -0.107. The summed E-state index contributed by atoms with van der Waals surface area (Å²) in [6, 6.07) is 8.37. The van der Waals surface area contributed by atoms with Crippen LogP contribution in [0.5, 0.6) is 0 Å². The predicted molar refractivity (Wildman–Crippen MR) is 76.8 cm³/mol. The summed E-state index contributed by atoms with van der Waals surface area (Å²) in [4.78, 5) is 11.8. The highest BCUT2D eigenvalue weighted by molar-refractivity contribution is 5.87. The Bertz CT molecular complexity index is 505. The lowest BCUT2D eigenvalue weighted by Crippen LogP contribution is -2.38. The third kappa shape index (κ3) is 2.62. The second-order valence-corrected chi connectivity index (χ2v) is 5.43. The van der Waals surface area contributed by atoms with E-state index < -0.39 is 5.60 Å². The second-order valence-electron chi connectivity index (χ2n) is 5.43. The molecule has 2 rings (SSSR count). The van der Waals surface area contributed by atoms with Crippen LogP contribution in [-0.4, -0.2) is 11.6 Å². The maximum atomic E-state index is 11.8. The van der Waals surface area contributed by atoms with Crippen LogP contribution in [0.15, 0.2) is 49.1 Å². The highest BCUT2D eigenvalue weighted by Crippen LogP contribution is 2.36. The van der Waals surface area contributed by atoms with Gasteiger partial charge in [0.1, 0.15) is 5.60 Å². The smallest absolute Gasteiger partial charge is 0.333 e. The molecule has 2 heteroatoms. The van der Waals surface area contributed by atoms with Gasteiger partial charge in [-0.1, -0.05) is 37.4 Å². The quantitative estimate of drug-likeness (QED) is 0.468. The van der Waals surface area contributed by atoms with Crippen LogP contribution >= 0.6 is 0 Å². The van der Waals surface area contributed by atoms with E-state index in [2.05, 4.69) is 25.3 Å². The molecule has 0 aliphatic heterocycles. The fourth-order valence-electron chi connectivity index (χ4n) is 2.54. The van der Waals surface area contributed by atoms with Crippen molar-refractivity contribution >= 4 is 5.97 Å². The zero-order valence-electron chi connectivity index (χ0n) is 11.6. The molecule has 0 spiro atoms. The molecule has 1 aromatic rings. The largest absolute Gasteiger partial charge is 0.451 e. The number of carbonyl (C=O) groups excluding carboxylic acids is 1. The first-order valence-electron chi connectivity index (χ1n) is 6.55. The SMILES string of the molecule is C=CC(C)(OC(=O)C(=C)C)C1Cc2ccccc2C1. The number of esters is 1. The van der Waals surface area contributed by atoms with Crippen molar-refractivity contribution in [3.05, 3.63) is 60.2 Å². The first-order chi connectivity index (χ1) is 8.96. The maximum absolute atomic E-state index is 11.8. The summed E-state index contributed by atoms with van der Waals surface area (Å²) in [5, 5.41) is 0. The Morgan fingerprint density at radius 1 is 1.37 bits per heavy atom. The number of hydrogen-bond donors (Lipinski definition) is 0. The van der Waals surface area contributed by atoms with E-state index in [-0.39, 0.29) is 11.9 Å². The van der Waals surface area contributed by atoms with E-state index in [4.69, 9.17) is 4.74 Å². The molecular weight excluding hydrogens is 236 g/mol. The summed E-state index contributed by atoms with van der Waals surface area (Å²) >= 11 is 0. The van der Waals surface area contributed by atoms with Crippen LogP contribution in [0.25, 0.3) is 0 Å². The average molecular weight is 256 g/mol. The van der Waals surface area contributed by atoms with E-state index in [9.17, 15) is 4.79 Å². The molecule has 0 amide bonds. The monoisotopic (exact) mass is 256 g/mol. The molecule has 0 saturated carbocycles. The van der Waals surface area contributed by atoms with Gasteiger partial charge in [-0.2, -0.15) is 0 Å². The molecule has 1 aliphatic rings. The van der Waals surface area contributed by atoms with Gasteiger partial charge in [-0.25, -0.2) is 4.79 Å². The lowest BCUT2D eigenvalue weighted by atomic mass is 9.86. The maximum Gasteiger partial charge on any atom is 0.333 e. The van der Waals surface area contributed by atoms with Gasteiger partial charge >= 0.3 is 5.97 Å². The molecule has 0 saturated heterocycles. The molecule has 2 nitrogen and oxygen atoms in total. The fourth-order valence-corrected chi connectivity index (χ4v) is 2.54. The summed E-state index contributed by atoms with van der Waals surface area (Å²) < 4.78 is 5.61. The van der Waals surface area contributed by atoms with Crippen molar-refractivity contribution in [1.29, 1.82) is 0 Å². The van der Waals surface area contributed by atoms with Crippen LogP contribution in [0.3, 0.4) is 0 Å². The van der Waals surface area contributed by atoms with E-state index in [1.54, 1.807) is 13.0 Å². The first-order valence-corrected chi connectivity index (χ1v) is 6.55. The summed E-state index contributed by atoms with van der Waals surface area (Å²) in [6.45, 7) is 11.1. The van der Waals surface area contributed by atoms with Crippen molar-refractivity contribution < 1.29 is 9.53 Å². The van der Waals surface area contributed by atoms with E-state index in [0.717, 1.165) is 12.8 Å². The number of benzene rings is 1. The van der Waals surface area contributed by atoms with E-state index in [0.29, 0.717) is 5.57 Å². The van der Waals surface area contributed by atoms with Gasteiger partial charge in [-0.05, 0) is 43.9 Å². The minimum Gasteiger partial charge on any atom is -0.451 e. The third-order valence-corrected chi connectivity index (χ3v) is 3.93. The van der Waals surface area contributed by atoms with E-state index in [1.807, 2.05) is 19.1 Å². The van der Waals surface area contributed by atoms with Gasteiger partial charge in [0.05, 0.1) is 0 Å². The zero-order chi connectivity index (χ0) is 14.0. The summed E-state index contributed by atoms with van der Waals surface area (Å²) in [7, 11) is 0. The molecule has 1 unspecified atom stereocenters. The van der Waals surface area contributed by atoms with Crippen LogP contribution in [0.2, 0.25) is 0 Å². The highest BCUT2D eigenvalue weighted by Gasteiger charge is 2.39. The minimum absolute atomic E-state index is 0.241. The number of ether oxygens (including phenoxy) is 1. The Morgan fingerprint density at radius 2 is 1.89 bits per heavy atom. The molecule has 0 fully saturated rings. The standard InChI is InChI=1S/C17H20O2/c1-5-17(4,19-16(18)12(2)3)15-10-13-8-6-7-9-14(13)11-15/h5-9,15H,1-2,10-11H2,3-4H3. The lowest BCUT2D eigenvalue weighted by Gasteiger charge is -2.32. The number of carbonyl (C=O) groups is 1. The Morgan fingerprint density at radius 3 is 2.32 bits per heavy atom. The lowest BCUT2D eigenvalue weighted by molar-refractivity contribution is -0.152. The summed E-state index contributed by atoms with van der Waals surface area (Å²) in [6.07, 6.45) is 3.58. The number of rotatable bonds is 4. The van der Waals surface area contributed by atoms with Crippen LogP contribution in [-0.2, 0) is 22.4 Å². The average Bonchev–Trinajstić information content (AvgIpc) is 2.82. The van der Waals surface area contributed by atoms with Crippen molar-refractivity contribution in [2.75, 3.05) is 0 Å². The topological polar surface area (TPSA) is 26.3 Å². The highest BCUT2D eigenvalue weighted by atomic mass is 16.6. The molecule has 1 atom stereocenters. The molecule has 100 valence electrons. The van der Waals surface area contributed by atoms with Crippen molar-refractivity contribution in [3.8, 4) is 0 Å². The van der Waals surface area contributed by atoms with Gasteiger partial charge in [0.15, 0.2) is 0 Å². The van der Waals surface area contributed by atoms with Crippen LogP contribution in [0.1, 0.15) is 25.0 Å². The van der Waals surface area contributed by atoms with Crippen molar-refractivity contribution in [1.82, 2.24) is 0 Å². The second kappa shape index (κ2) is 5.04. The Balaban J connectivity index is 2.18. The molecule has 0 radical (unpaired) electrons. The van der Waals surface area contributed by atoms with Crippen molar-refractivity contribution in [3.63, 3.8) is 0 Å². The van der Waals surface area contributed by atoms with Gasteiger partial charge < -0.3 is 4.74 Å². The molecule has 0 N–H and O–H groups in total. The molecule has 1 aliphatic carbocycles. The Kier molecular flexibility index (Phi) is 3.61. The Labute approximate surface area is 114 Å².